The van der Waals surface area contributed by atoms with Gasteiger partial charge >= 0.3 is 6.18 Å². The molecule has 1 atom stereocenters. The van der Waals surface area contributed by atoms with Gasteiger partial charge in [0, 0.05) is 39.3 Å². The molecule has 1 saturated heterocycles. The first-order chi connectivity index (χ1) is 13.1. The zero-order valence-corrected chi connectivity index (χ0v) is 18.0. The second kappa shape index (κ2) is 12.2. The number of hydrogen-bond donors (Lipinski definition) is 1. The molecule has 0 radical (unpaired) electrons. The third-order valence-corrected chi connectivity index (χ3v) is 6.37. The fourth-order valence-corrected chi connectivity index (χ4v) is 4.05. The maximum Gasteiger partial charge on any atom is 0.411 e. The van der Waals surface area contributed by atoms with E-state index in [1.165, 1.54) is 6.92 Å². The van der Waals surface area contributed by atoms with Gasteiger partial charge in [0.15, 0.2) is 0 Å². The molecule has 0 aromatic carbocycles. The highest BCUT2D eigenvalue weighted by Crippen LogP contribution is 2.14. The summed E-state index contributed by atoms with van der Waals surface area (Å²) in [6, 6.07) is -0.764. The SMILES string of the molecule is CCS(=O)(=O)NC(CCSC)C(=O)N1CCN(CCCOCC(F)(F)F)CC1. The first-order valence-corrected chi connectivity index (χ1v) is 12.3. The third kappa shape index (κ3) is 10.3. The molecule has 0 aromatic rings. The van der Waals surface area contributed by atoms with Crippen LogP contribution in [0.5, 0.6) is 0 Å². The van der Waals surface area contributed by atoms with E-state index < -0.39 is 28.8 Å². The average molecular weight is 450 g/mol. The number of carbonyl (C=O) groups is 1. The molecule has 1 N–H and O–H groups in total. The Hall–Kier alpha value is -0.560. The molecule has 1 rings (SSSR count). The second-order valence-electron chi connectivity index (χ2n) is 6.54. The lowest BCUT2D eigenvalue weighted by molar-refractivity contribution is -0.174. The Balaban J connectivity index is 2.41. The van der Waals surface area contributed by atoms with E-state index in [2.05, 4.69) is 14.4 Å². The van der Waals surface area contributed by atoms with Crippen LogP contribution in [0.4, 0.5) is 13.2 Å². The van der Waals surface area contributed by atoms with Crippen molar-refractivity contribution in [1.82, 2.24) is 14.5 Å². The van der Waals surface area contributed by atoms with Gasteiger partial charge in [0.25, 0.3) is 0 Å². The van der Waals surface area contributed by atoms with Gasteiger partial charge in [-0.3, -0.25) is 9.69 Å². The van der Waals surface area contributed by atoms with E-state index in [0.717, 1.165) is 0 Å². The van der Waals surface area contributed by atoms with Crippen molar-refractivity contribution in [2.45, 2.75) is 32.0 Å². The molecule has 1 aliphatic rings. The molecule has 166 valence electrons. The number of thioether (sulfide) groups is 1. The molecule has 7 nitrogen and oxygen atoms in total. The van der Waals surface area contributed by atoms with Crippen LogP contribution in [-0.4, -0.2) is 100 Å². The van der Waals surface area contributed by atoms with Crippen molar-refractivity contribution < 1.29 is 31.1 Å². The molecular formula is C16H30F3N3O4S2. The summed E-state index contributed by atoms with van der Waals surface area (Å²) in [6.07, 6.45) is -1.50. The molecule has 0 bridgehead atoms. The summed E-state index contributed by atoms with van der Waals surface area (Å²) in [5, 5.41) is 0. The van der Waals surface area contributed by atoms with Gasteiger partial charge in [-0.05, 0) is 31.8 Å². The van der Waals surface area contributed by atoms with E-state index >= 15 is 0 Å². The minimum atomic E-state index is -4.31. The van der Waals surface area contributed by atoms with E-state index in [0.29, 0.717) is 51.3 Å². The van der Waals surface area contributed by atoms with Crippen LogP contribution in [0.2, 0.25) is 0 Å². The molecule has 28 heavy (non-hydrogen) atoms. The zero-order valence-electron chi connectivity index (χ0n) is 16.3. The molecule has 0 aromatic heterocycles. The number of nitrogens with zero attached hydrogens (tertiary/aromatic N) is 2. The van der Waals surface area contributed by atoms with Crippen molar-refractivity contribution in [3.05, 3.63) is 0 Å². The highest BCUT2D eigenvalue weighted by atomic mass is 32.2. The van der Waals surface area contributed by atoms with Gasteiger partial charge in [-0.2, -0.15) is 24.9 Å². The summed E-state index contributed by atoms with van der Waals surface area (Å²) >= 11 is 1.55. The van der Waals surface area contributed by atoms with Crippen molar-refractivity contribution in [2.24, 2.45) is 0 Å². The van der Waals surface area contributed by atoms with Crippen molar-refractivity contribution in [2.75, 3.05) is 63.7 Å². The van der Waals surface area contributed by atoms with Crippen LogP contribution in [0.1, 0.15) is 19.8 Å². The Morgan fingerprint density at radius 1 is 1.25 bits per heavy atom. The number of rotatable bonds is 12. The van der Waals surface area contributed by atoms with Crippen LogP contribution in [0, 0.1) is 0 Å². The molecule has 0 saturated carbocycles. The Kier molecular flexibility index (Phi) is 11.1. The molecule has 1 unspecified atom stereocenters. The monoisotopic (exact) mass is 449 g/mol. The minimum absolute atomic E-state index is 0.0359. The largest absolute Gasteiger partial charge is 0.411 e. The first-order valence-electron chi connectivity index (χ1n) is 9.22. The van der Waals surface area contributed by atoms with Crippen molar-refractivity contribution >= 4 is 27.7 Å². The number of amides is 1. The number of alkyl halides is 3. The maximum absolute atomic E-state index is 12.7. The number of halogens is 3. The summed E-state index contributed by atoms with van der Waals surface area (Å²) in [5.41, 5.74) is 0. The Bertz CT molecular complexity index is 568. The van der Waals surface area contributed by atoms with Gasteiger partial charge in [-0.1, -0.05) is 0 Å². The molecule has 0 aliphatic carbocycles. The number of ether oxygens (including phenoxy) is 1. The zero-order chi connectivity index (χ0) is 21.2. The number of hydrogen-bond acceptors (Lipinski definition) is 6. The lowest BCUT2D eigenvalue weighted by Crippen LogP contribution is -2.55. The van der Waals surface area contributed by atoms with Crippen LogP contribution in [-0.2, 0) is 19.6 Å². The van der Waals surface area contributed by atoms with Crippen LogP contribution < -0.4 is 4.72 Å². The van der Waals surface area contributed by atoms with Crippen molar-refractivity contribution in [1.29, 1.82) is 0 Å². The normalized spacial score (nSPS) is 17.7. The van der Waals surface area contributed by atoms with Crippen LogP contribution in [0.15, 0.2) is 0 Å². The van der Waals surface area contributed by atoms with Gasteiger partial charge in [0.1, 0.15) is 12.6 Å². The van der Waals surface area contributed by atoms with E-state index in [4.69, 9.17) is 0 Å². The molecule has 12 heteroatoms. The van der Waals surface area contributed by atoms with E-state index in [9.17, 15) is 26.4 Å². The van der Waals surface area contributed by atoms with Gasteiger partial charge in [0.05, 0.1) is 5.75 Å². The average Bonchev–Trinajstić information content (AvgIpc) is 2.64. The number of sulfonamides is 1. The van der Waals surface area contributed by atoms with Gasteiger partial charge < -0.3 is 9.64 Å². The molecule has 0 spiro atoms. The van der Waals surface area contributed by atoms with Crippen LogP contribution in [0.3, 0.4) is 0 Å². The summed E-state index contributed by atoms with van der Waals surface area (Å²) < 4.78 is 66.8. The second-order valence-corrected chi connectivity index (χ2v) is 9.57. The number of carbonyl (C=O) groups excluding carboxylic acids is 1. The molecule has 1 amide bonds. The van der Waals surface area contributed by atoms with E-state index in [-0.39, 0.29) is 18.3 Å². The minimum Gasteiger partial charge on any atom is -0.372 e. The molecule has 1 heterocycles. The Morgan fingerprint density at radius 2 is 1.89 bits per heavy atom. The fourth-order valence-electron chi connectivity index (χ4n) is 2.76. The van der Waals surface area contributed by atoms with Gasteiger partial charge in [0.2, 0.25) is 15.9 Å². The van der Waals surface area contributed by atoms with Gasteiger partial charge in [-0.25, -0.2) is 13.1 Å². The highest BCUT2D eigenvalue weighted by molar-refractivity contribution is 7.98. The molecule has 1 fully saturated rings. The quantitative estimate of drug-likeness (QED) is 0.451. The third-order valence-electron chi connectivity index (χ3n) is 4.32. The number of piperazine rings is 1. The predicted octanol–water partition coefficient (Wildman–Crippen LogP) is 1.16. The summed E-state index contributed by atoms with van der Waals surface area (Å²) in [5.74, 6) is 0.361. The van der Waals surface area contributed by atoms with Crippen molar-refractivity contribution in [3.63, 3.8) is 0 Å². The lowest BCUT2D eigenvalue weighted by Gasteiger charge is -2.36. The molecular weight excluding hydrogens is 419 g/mol. The highest BCUT2D eigenvalue weighted by Gasteiger charge is 2.30. The smallest absolute Gasteiger partial charge is 0.372 e. The Labute approximate surface area is 169 Å². The van der Waals surface area contributed by atoms with E-state index in [1.54, 1.807) is 16.7 Å². The van der Waals surface area contributed by atoms with E-state index in [1.807, 2.05) is 6.26 Å². The predicted molar refractivity (Wildman–Crippen MR) is 104 cm³/mol. The summed E-state index contributed by atoms with van der Waals surface area (Å²) in [6.45, 7) is 3.04. The summed E-state index contributed by atoms with van der Waals surface area (Å²) in [4.78, 5) is 16.5. The molecule has 1 aliphatic heterocycles. The lowest BCUT2D eigenvalue weighted by atomic mass is 10.2. The fraction of sp³-hybridized carbons (Fsp3) is 0.938. The van der Waals surface area contributed by atoms with Crippen LogP contribution in [0.25, 0.3) is 0 Å². The topological polar surface area (TPSA) is 79.0 Å². The van der Waals surface area contributed by atoms with Gasteiger partial charge in [-0.15, -0.1) is 0 Å². The maximum atomic E-state index is 12.7. The van der Waals surface area contributed by atoms with Crippen LogP contribution >= 0.6 is 11.8 Å². The van der Waals surface area contributed by atoms with Crippen molar-refractivity contribution in [3.8, 4) is 0 Å². The number of nitrogens with one attached hydrogen (secondary N) is 1. The first kappa shape index (κ1) is 25.5. The summed E-state index contributed by atoms with van der Waals surface area (Å²) in [7, 11) is -3.48. The standard InChI is InChI=1S/C16H30F3N3O4S2/c1-3-28(24,25)20-14(5-12-27-2)15(23)22-9-7-21(8-10-22)6-4-11-26-13-16(17,18)19/h14,20H,3-13H2,1-2H3. The Morgan fingerprint density at radius 3 is 2.43 bits per heavy atom.